The average molecular weight is 333 g/mol. The van der Waals surface area contributed by atoms with Crippen LogP contribution in [0.2, 0.25) is 0 Å². The van der Waals surface area contributed by atoms with E-state index in [1.54, 1.807) is 4.68 Å². The predicted molar refractivity (Wildman–Crippen MR) is 94.8 cm³/mol. The molecule has 134 valence electrons. The molecule has 1 saturated heterocycles. The summed E-state index contributed by atoms with van der Waals surface area (Å²) in [5, 5.41) is 10.5. The van der Waals surface area contributed by atoms with Crippen molar-refractivity contribution in [3.8, 4) is 0 Å². The van der Waals surface area contributed by atoms with Gasteiger partial charge in [-0.25, -0.2) is 4.79 Å². The number of carbonyl (C=O) groups is 1. The van der Waals surface area contributed by atoms with E-state index in [9.17, 15) is 4.79 Å². The van der Waals surface area contributed by atoms with E-state index < -0.39 is 0 Å². The minimum Gasteiger partial charge on any atom is -0.334 e. The minimum absolute atomic E-state index is 0.0327. The molecule has 2 amide bonds. The van der Waals surface area contributed by atoms with Crippen LogP contribution in [0.25, 0.3) is 0 Å². The van der Waals surface area contributed by atoms with Gasteiger partial charge in [0.25, 0.3) is 0 Å². The quantitative estimate of drug-likeness (QED) is 0.869. The summed E-state index contributed by atoms with van der Waals surface area (Å²) < 4.78 is 1.79. The number of likely N-dealkylation sites (tertiary alicyclic amines) is 1. The number of nitrogens with zero attached hydrogens (tertiary/aromatic N) is 3. The van der Waals surface area contributed by atoms with Crippen LogP contribution in [0.15, 0.2) is 6.20 Å². The molecule has 2 atom stereocenters. The Morgan fingerprint density at radius 3 is 2.79 bits per heavy atom. The van der Waals surface area contributed by atoms with Crippen LogP contribution >= 0.6 is 0 Å². The number of hydrogen-bond acceptors (Lipinski definition) is 3. The lowest BCUT2D eigenvalue weighted by Crippen LogP contribution is -2.44. The molecule has 0 aromatic carbocycles. The Labute approximate surface area is 145 Å². The van der Waals surface area contributed by atoms with Crippen molar-refractivity contribution >= 4 is 6.03 Å². The highest BCUT2D eigenvalue weighted by Crippen LogP contribution is 2.26. The molecule has 1 aromatic rings. The van der Waals surface area contributed by atoms with E-state index in [1.807, 2.05) is 27.1 Å². The van der Waals surface area contributed by atoms with E-state index in [2.05, 4.69) is 20.6 Å². The summed E-state index contributed by atoms with van der Waals surface area (Å²) in [4.78, 5) is 14.8. The molecule has 3 rings (SSSR count). The maximum Gasteiger partial charge on any atom is 0.315 e. The second kappa shape index (κ2) is 7.55. The highest BCUT2D eigenvalue weighted by atomic mass is 16.2. The van der Waals surface area contributed by atoms with Gasteiger partial charge in [-0.15, -0.1) is 0 Å². The summed E-state index contributed by atoms with van der Waals surface area (Å²) in [6.07, 6.45) is 8.59. The lowest BCUT2D eigenvalue weighted by atomic mass is 10.1. The van der Waals surface area contributed by atoms with Crippen LogP contribution in [0, 0.1) is 12.8 Å². The normalized spacial score (nSPS) is 23.5. The van der Waals surface area contributed by atoms with Crippen LogP contribution in [-0.2, 0) is 7.05 Å². The van der Waals surface area contributed by atoms with Gasteiger partial charge in [-0.05, 0) is 39.0 Å². The molecule has 6 nitrogen and oxygen atoms in total. The van der Waals surface area contributed by atoms with Crippen molar-refractivity contribution in [2.75, 3.05) is 19.6 Å². The summed E-state index contributed by atoms with van der Waals surface area (Å²) in [5.74, 6) is 0.881. The number of aromatic nitrogens is 2. The second-order valence-corrected chi connectivity index (χ2v) is 7.58. The fourth-order valence-electron chi connectivity index (χ4n) is 4.22. The SMILES string of the molecule is Cc1nn(C)cc1[C@H](C)NC(=O)N[C@H]1CCN(CC2CCCC2)C1. The van der Waals surface area contributed by atoms with Crippen molar-refractivity contribution in [2.24, 2.45) is 13.0 Å². The molecule has 1 aliphatic heterocycles. The molecule has 24 heavy (non-hydrogen) atoms. The van der Waals surface area contributed by atoms with E-state index in [0.717, 1.165) is 36.7 Å². The van der Waals surface area contributed by atoms with Crippen LogP contribution in [-0.4, -0.2) is 46.4 Å². The van der Waals surface area contributed by atoms with Gasteiger partial charge in [-0.2, -0.15) is 5.10 Å². The van der Waals surface area contributed by atoms with Crippen molar-refractivity contribution < 1.29 is 4.79 Å². The van der Waals surface area contributed by atoms with E-state index >= 15 is 0 Å². The van der Waals surface area contributed by atoms with Crippen LogP contribution in [0.1, 0.15) is 56.3 Å². The Balaban J connectivity index is 1.42. The van der Waals surface area contributed by atoms with E-state index in [1.165, 1.54) is 32.2 Å². The molecule has 2 heterocycles. The molecule has 0 unspecified atom stereocenters. The summed E-state index contributed by atoms with van der Waals surface area (Å²) in [7, 11) is 1.90. The number of aryl methyl sites for hydroxylation is 2. The Morgan fingerprint density at radius 2 is 2.12 bits per heavy atom. The third kappa shape index (κ3) is 4.29. The van der Waals surface area contributed by atoms with Crippen LogP contribution in [0.5, 0.6) is 0 Å². The Kier molecular flexibility index (Phi) is 5.43. The minimum atomic E-state index is -0.0709. The first kappa shape index (κ1) is 17.3. The highest BCUT2D eigenvalue weighted by Gasteiger charge is 2.27. The Hall–Kier alpha value is -1.56. The van der Waals surface area contributed by atoms with E-state index in [4.69, 9.17) is 0 Å². The van der Waals surface area contributed by atoms with Crippen LogP contribution < -0.4 is 10.6 Å². The van der Waals surface area contributed by atoms with Crippen LogP contribution in [0.3, 0.4) is 0 Å². The fraction of sp³-hybridized carbons (Fsp3) is 0.778. The number of hydrogen-bond donors (Lipinski definition) is 2. The number of nitrogens with one attached hydrogen (secondary N) is 2. The largest absolute Gasteiger partial charge is 0.334 e. The van der Waals surface area contributed by atoms with Crippen molar-refractivity contribution in [3.63, 3.8) is 0 Å². The maximum absolute atomic E-state index is 12.3. The van der Waals surface area contributed by atoms with Gasteiger partial charge in [0.15, 0.2) is 0 Å². The van der Waals surface area contributed by atoms with E-state index in [-0.39, 0.29) is 18.1 Å². The van der Waals surface area contributed by atoms with Gasteiger partial charge in [-0.1, -0.05) is 12.8 Å². The van der Waals surface area contributed by atoms with Gasteiger partial charge < -0.3 is 15.5 Å². The predicted octanol–water partition coefficient (Wildman–Crippen LogP) is 2.35. The van der Waals surface area contributed by atoms with Gasteiger partial charge in [-0.3, -0.25) is 4.68 Å². The fourth-order valence-corrected chi connectivity index (χ4v) is 4.22. The van der Waals surface area contributed by atoms with Gasteiger partial charge in [0, 0.05) is 44.5 Å². The number of rotatable bonds is 5. The monoisotopic (exact) mass is 333 g/mol. The summed E-state index contributed by atoms with van der Waals surface area (Å²) >= 11 is 0. The van der Waals surface area contributed by atoms with Gasteiger partial charge >= 0.3 is 6.03 Å². The summed E-state index contributed by atoms with van der Waals surface area (Å²) in [6, 6.07) is 0.168. The zero-order valence-electron chi connectivity index (χ0n) is 15.2. The molecule has 1 saturated carbocycles. The molecular weight excluding hydrogens is 302 g/mol. The Morgan fingerprint density at radius 1 is 1.38 bits per heavy atom. The van der Waals surface area contributed by atoms with Gasteiger partial charge in [0.1, 0.15) is 0 Å². The first-order valence-corrected chi connectivity index (χ1v) is 9.31. The van der Waals surface area contributed by atoms with Crippen molar-refractivity contribution in [1.82, 2.24) is 25.3 Å². The molecule has 2 aliphatic rings. The molecule has 2 fully saturated rings. The molecular formula is C18H31N5O. The Bertz CT molecular complexity index is 564. The molecule has 0 spiro atoms. The molecule has 6 heteroatoms. The topological polar surface area (TPSA) is 62.2 Å². The van der Waals surface area contributed by atoms with Crippen molar-refractivity contribution in [2.45, 2.75) is 58.0 Å². The smallest absolute Gasteiger partial charge is 0.315 e. The summed E-state index contributed by atoms with van der Waals surface area (Å²) in [5.41, 5.74) is 2.04. The third-order valence-electron chi connectivity index (χ3n) is 5.46. The molecule has 0 bridgehead atoms. The number of amides is 2. The first-order chi connectivity index (χ1) is 11.5. The lowest BCUT2D eigenvalue weighted by molar-refractivity contribution is 0.231. The first-order valence-electron chi connectivity index (χ1n) is 9.31. The van der Waals surface area contributed by atoms with Crippen molar-refractivity contribution in [3.05, 3.63) is 17.5 Å². The second-order valence-electron chi connectivity index (χ2n) is 7.58. The number of urea groups is 1. The molecule has 1 aromatic heterocycles. The van der Waals surface area contributed by atoms with Gasteiger partial charge in [0.2, 0.25) is 0 Å². The number of carbonyl (C=O) groups excluding carboxylic acids is 1. The standard InChI is InChI=1S/C18H31N5O/c1-13(17-12-22(3)21-14(17)2)19-18(24)20-16-8-9-23(11-16)10-15-6-4-5-7-15/h12-13,15-16H,4-11H2,1-3H3,(H2,19,20,24)/t13-,16-/m0/s1. The van der Waals surface area contributed by atoms with Crippen molar-refractivity contribution in [1.29, 1.82) is 0 Å². The zero-order valence-corrected chi connectivity index (χ0v) is 15.2. The van der Waals surface area contributed by atoms with Crippen LogP contribution in [0.4, 0.5) is 4.79 Å². The summed E-state index contributed by atoms with van der Waals surface area (Å²) in [6.45, 7) is 7.29. The van der Waals surface area contributed by atoms with E-state index in [0.29, 0.717) is 0 Å². The molecule has 0 radical (unpaired) electrons. The zero-order chi connectivity index (χ0) is 17.1. The average Bonchev–Trinajstić information content (AvgIpc) is 3.22. The highest BCUT2D eigenvalue weighted by molar-refractivity contribution is 5.74. The molecule has 2 N–H and O–H groups in total. The maximum atomic E-state index is 12.3. The lowest BCUT2D eigenvalue weighted by Gasteiger charge is -2.21. The van der Waals surface area contributed by atoms with Gasteiger partial charge in [0.05, 0.1) is 11.7 Å². The third-order valence-corrected chi connectivity index (χ3v) is 5.46. The molecule has 1 aliphatic carbocycles.